The van der Waals surface area contributed by atoms with E-state index in [0.717, 1.165) is 24.8 Å². The first-order chi connectivity index (χ1) is 8.27. The Labute approximate surface area is 101 Å². The summed E-state index contributed by atoms with van der Waals surface area (Å²) in [6, 6.07) is 9.73. The highest BCUT2D eigenvalue weighted by molar-refractivity contribution is 5.82. The predicted octanol–water partition coefficient (Wildman–Crippen LogP) is 1.36. The first-order valence-corrected chi connectivity index (χ1v) is 5.93. The van der Waals surface area contributed by atoms with Crippen LogP contribution in [0.4, 0.5) is 0 Å². The minimum Gasteiger partial charge on any atom is -0.329 e. The first-order valence-electron chi connectivity index (χ1n) is 5.93. The van der Waals surface area contributed by atoms with Crippen LogP contribution in [-0.4, -0.2) is 12.5 Å². The van der Waals surface area contributed by atoms with Crippen molar-refractivity contribution in [3.63, 3.8) is 0 Å². The average molecular weight is 234 g/mol. The topological polar surface area (TPSA) is 64.4 Å². The van der Waals surface area contributed by atoms with Crippen molar-refractivity contribution in [1.29, 1.82) is 0 Å². The van der Waals surface area contributed by atoms with Crippen molar-refractivity contribution >= 4 is 5.91 Å². The number of hydrogen-bond acceptors (Lipinski definition) is 3. The quantitative estimate of drug-likeness (QED) is 0.756. The van der Waals surface area contributed by atoms with Crippen molar-refractivity contribution in [1.82, 2.24) is 5.48 Å². The normalized spacial score (nSPS) is 17.2. The number of nitrogens with two attached hydrogens (primary N) is 1. The Balaban J connectivity index is 1.77. The molecule has 1 fully saturated rings. The Morgan fingerprint density at radius 1 is 1.35 bits per heavy atom. The molecule has 4 heteroatoms. The number of hydroxylamine groups is 1. The summed E-state index contributed by atoms with van der Waals surface area (Å²) in [4.78, 5) is 17.1. The Kier molecular flexibility index (Phi) is 3.76. The Hall–Kier alpha value is -1.39. The van der Waals surface area contributed by atoms with Gasteiger partial charge < -0.3 is 5.73 Å². The summed E-state index contributed by atoms with van der Waals surface area (Å²) in [6.45, 7) is 0.779. The van der Waals surface area contributed by atoms with Crippen molar-refractivity contribution in [2.24, 2.45) is 11.1 Å². The molecule has 0 bridgehead atoms. The SMILES string of the molecule is NCC1(C(=O)NOCc2ccccc2)CCC1. The fraction of sp³-hybridized carbons (Fsp3) is 0.462. The number of carbonyl (C=O) groups is 1. The molecule has 1 saturated carbocycles. The van der Waals surface area contributed by atoms with Crippen LogP contribution in [0, 0.1) is 5.41 Å². The van der Waals surface area contributed by atoms with E-state index in [1.165, 1.54) is 0 Å². The largest absolute Gasteiger partial charge is 0.329 e. The van der Waals surface area contributed by atoms with E-state index in [2.05, 4.69) is 5.48 Å². The first kappa shape index (κ1) is 12.1. The molecule has 0 unspecified atom stereocenters. The molecule has 0 atom stereocenters. The highest BCUT2D eigenvalue weighted by atomic mass is 16.6. The van der Waals surface area contributed by atoms with Crippen molar-refractivity contribution in [2.75, 3.05) is 6.54 Å². The second-order valence-corrected chi connectivity index (χ2v) is 4.54. The summed E-state index contributed by atoms with van der Waals surface area (Å²) in [5, 5.41) is 0. The summed E-state index contributed by atoms with van der Waals surface area (Å²) in [7, 11) is 0. The van der Waals surface area contributed by atoms with Gasteiger partial charge in [-0.05, 0) is 18.4 Å². The third-order valence-electron chi connectivity index (χ3n) is 3.43. The van der Waals surface area contributed by atoms with Crippen LogP contribution in [0.2, 0.25) is 0 Å². The van der Waals surface area contributed by atoms with Crippen molar-refractivity contribution in [2.45, 2.75) is 25.9 Å². The number of benzene rings is 1. The molecule has 2 rings (SSSR count). The fourth-order valence-corrected chi connectivity index (χ4v) is 1.99. The molecule has 0 radical (unpaired) electrons. The predicted molar refractivity (Wildman–Crippen MR) is 64.7 cm³/mol. The van der Waals surface area contributed by atoms with Crippen molar-refractivity contribution < 1.29 is 9.63 Å². The number of rotatable bonds is 5. The molecule has 1 aromatic carbocycles. The van der Waals surface area contributed by atoms with Gasteiger partial charge in [0.2, 0.25) is 0 Å². The van der Waals surface area contributed by atoms with Gasteiger partial charge in [0, 0.05) is 6.54 Å². The number of carbonyl (C=O) groups excluding carboxylic acids is 1. The maximum absolute atomic E-state index is 11.9. The van der Waals surface area contributed by atoms with Gasteiger partial charge in [-0.3, -0.25) is 9.63 Å². The van der Waals surface area contributed by atoms with Crippen molar-refractivity contribution in [3.05, 3.63) is 35.9 Å². The summed E-state index contributed by atoms with van der Waals surface area (Å²) >= 11 is 0. The molecule has 4 nitrogen and oxygen atoms in total. The lowest BCUT2D eigenvalue weighted by atomic mass is 9.68. The summed E-state index contributed by atoms with van der Waals surface area (Å²) < 4.78 is 0. The molecular formula is C13H18N2O2. The van der Waals surface area contributed by atoms with Crippen LogP contribution >= 0.6 is 0 Å². The molecule has 1 aromatic rings. The van der Waals surface area contributed by atoms with E-state index in [1.807, 2.05) is 30.3 Å². The van der Waals surface area contributed by atoms with Crippen LogP contribution in [0.3, 0.4) is 0 Å². The zero-order chi connectivity index (χ0) is 12.1. The lowest BCUT2D eigenvalue weighted by Crippen LogP contribution is -2.50. The van der Waals surface area contributed by atoms with E-state index in [1.54, 1.807) is 0 Å². The molecule has 92 valence electrons. The van der Waals surface area contributed by atoms with Crippen LogP contribution in [0.15, 0.2) is 30.3 Å². The Morgan fingerprint density at radius 2 is 2.06 bits per heavy atom. The molecule has 17 heavy (non-hydrogen) atoms. The highest BCUT2D eigenvalue weighted by Gasteiger charge is 2.43. The summed E-state index contributed by atoms with van der Waals surface area (Å²) in [6.07, 6.45) is 2.80. The molecule has 0 heterocycles. The summed E-state index contributed by atoms with van der Waals surface area (Å²) in [5.41, 5.74) is 8.79. The van der Waals surface area contributed by atoms with Gasteiger partial charge in [-0.1, -0.05) is 36.8 Å². The van der Waals surface area contributed by atoms with Crippen LogP contribution in [0.1, 0.15) is 24.8 Å². The van der Waals surface area contributed by atoms with Gasteiger partial charge in [-0.25, -0.2) is 5.48 Å². The lowest BCUT2D eigenvalue weighted by Gasteiger charge is -2.38. The van der Waals surface area contributed by atoms with Crippen LogP contribution in [0.5, 0.6) is 0 Å². The van der Waals surface area contributed by atoms with E-state index in [4.69, 9.17) is 10.6 Å². The third-order valence-corrected chi connectivity index (χ3v) is 3.43. The monoisotopic (exact) mass is 234 g/mol. The Bertz CT molecular complexity index is 369. The maximum atomic E-state index is 11.9. The Morgan fingerprint density at radius 3 is 2.59 bits per heavy atom. The molecule has 3 N–H and O–H groups in total. The second kappa shape index (κ2) is 5.29. The van der Waals surface area contributed by atoms with Gasteiger partial charge >= 0.3 is 0 Å². The molecule has 1 amide bonds. The van der Waals surface area contributed by atoms with E-state index in [-0.39, 0.29) is 11.3 Å². The average Bonchev–Trinajstić information content (AvgIpc) is 2.30. The van der Waals surface area contributed by atoms with Gasteiger partial charge in [0.15, 0.2) is 0 Å². The van der Waals surface area contributed by atoms with Gasteiger partial charge in [-0.2, -0.15) is 0 Å². The lowest BCUT2D eigenvalue weighted by molar-refractivity contribution is -0.149. The van der Waals surface area contributed by atoms with Crippen molar-refractivity contribution in [3.8, 4) is 0 Å². The van der Waals surface area contributed by atoms with E-state index in [0.29, 0.717) is 13.2 Å². The number of hydrogen-bond donors (Lipinski definition) is 2. The third kappa shape index (κ3) is 2.65. The van der Waals surface area contributed by atoms with E-state index >= 15 is 0 Å². The number of amides is 1. The van der Waals surface area contributed by atoms with Gasteiger partial charge in [0.05, 0.1) is 12.0 Å². The molecule has 1 aliphatic rings. The van der Waals surface area contributed by atoms with E-state index in [9.17, 15) is 4.79 Å². The zero-order valence-corrected chi connectivity index (χ0v) is 9.82. The smallest absolute Gasteiger partial charge is 0.251 e. The van der Waals surface area contributed by atoms with Gasteiger partial charge in [-0.15, -0.1) is 0 Å². The summed E-state index contributed by atoms with van der Waals surface area (Å²) in [5.74, 6) is -0.0813. The zero-order valence-electron chi connectivity index (χ0n) is 9.82. The van der Waals surface area contributed by atoms with Crippen LogP contribution in [-0.2, 0) is 16.2 Å². The molecule has 0 aliphatic heterocycles. The van der Waals surface area contributed by atoms with Gasteiger partial charge in [0.25, 0.3) is 5.91 Å². The molecular weight excluding hydrogens is 216 g/mol. The van der Waals surface area contributed by atoms with E-state index < -0.39 is 0 Å². The number of nitrogens with one attached hydrogen (secondary N) is 1. The fourth-order valence-electron chi connectivity index (χ4n) is 1.99. The van der Waals surface area contributed by atoms with Crippen LogP contribution < -0.4 is 11.2 Å². The maximum Gasteiger partial charge on any atom is 0.251 e. The van der Waals surface area contributed by atoms with Gasteiger partial charge in [0.1, 0.15) is 0 Å². The minimum atomic E-state index is -0.378. The standard InChI is InChI=1S/C13H18N2O2/c14-10-13(7-4-8-13)12(16)15-17-9-11-5-2-1-3-6-11/h1-3,5-6H,4,7-10,14H2,(H,15,16). The molecule has 1 aliphatic carbocycles. The molecule has 0 aromatic heterocycles. The second-order valence-electron chi connectivity index (χ2n) is 4.54. The highest BCUT2D eigenvalue weighted by Crippen LogP contribution is 2.39. The molecule has 0 saturated heterocycles. The minimum absolute atomic E-state index is 0.0813. The van der Waals surface area contributed by atoms with Crippen LogP contribution in [0.25, 0.3) is 0 Å². The molecule has 0 spiro atoms.